The molecule has 1 aromatic carbocycles. The summed E-state index contributed by atoms with van der Waals surface area (Å²) in [6.07, 6.45) is 2.19. The van der Waals surface area contributed by atoms with Gasteiger partial charge >= 0.3 is 0 Å². The van der Waals surface area contributed by atoms with Crippen LogP contribution in [0.4, 0.5) is 0 Å². The molecule has 2 N–H and O–H groups in total. The highest BCUT2D eigenvalue weighted by Gasteiger charge is 2.24. The quantitative estimate of drug-likeness (QED) is 0.879. The lowest BCUT2D eigenvalue weighted by molar-refractivity contribution is -0.133. The average Bonchev–Trinajstić information content (AvgIpc) is 2.83. The third-order valence-corrected chi connectivity index (χ3v) is 3.39. The van der Waals surface area contributed by atoms with Gasteiger partial charge in [-0.15, -0.1) is 0 Å². The first kappa shape index (κ1) is 12.9. The van der Waals surface area contributed by atoms with Gasteiger partial charge in [-0.25, -0.2) is 0 Å². The molecule has 0 radical (unpaired) electrons. The number of amides is 1. The molecule has 1 amide bonds. The fourth-order valence-electron chi connectivity index (χ4n) is 2.25. The maximum Gasteiger partial charge on any atom is 0.260 e. The average molecular weight is 248 g/mol. The van der Waals surface area contributed by atoms with E-state index >= 15 is 0 Å². The van der Waals surface area contributed by atoms with Crippen molar-refractivity contribution in [2.75, 3.05) is 13.2 Å². The molecule has 4 heteroatoms. The van der Waals surface area contributed by atoms with Crippen LogP contribution in [0, 0.1) is 0 Å². The first-order valence-corrected chi connectivity index (χ1v) is 6.42. The molecular weight excluding hydrogens is 228 g/mol. The highest BCUT2D eigenvalue weighted by molar-refractivity contribution is 5.78. The Bertz CT molecular complexity index is 403. The number of ether oxygens (including phenoxy) is 1. The summed E-state index contributed by atoms with van der Waals surface area (Å²) in [6.45, 7) is 3.58. The number of hydrogen-bond donors (Lipinski definition) is 1. The third kappa shape index (κ3) is 3.01. The molecule has 98 valence electrons. The van der Waals surface area contributed by atoms with Crippen molar-refractivity contribution < 1.29 is 9.53 Å². The topological polar surface area (TPSA) is 55.6 Å². The molecular formula is C14H20N2O2. The van der Waals surface area contributed by atoms with Gasteiger partial charge in [0, 0.05) is 19.1 Å². The number of carbonyl (C=O) groups excluding carboxylic acids is 1. The molecule has 0 bridgehead atoms. The van der Waals surface area contributed by atoms with Crippen LogP contribution in [0.5, 0.6) is 5.75 Å². The van der Waals surface area contributed by atoms with E-state index in [0.717, 1.165) is 24.9 Å². The first-order valence-electron chi connectivity index (χ1n) is 6.42. The van der Waals surface area contributed by atoms with Crippen molar-refractivity contribution in [3.63, 3.8) is 0 Å². The van der Waals surface area contributed by atoms with Gasteiger partial charge in [-0.1, -0.05) is 12.1 Å². The van der Waals surface area contributed by atoms with Crippen LogP contribution in [0.1, 0.15) is 25.3 Å². The van der Waals surface area contributed by atoms with Crippen LogP contribution < -0.4 is 10.5 Å². The van der Waals surface area contributed by atoms with Crippen LogP contribution >= 0.6 is 0 Å². The summed E-state index contributed by atoms with van der Waals surface area (Å²) in [5, 5.41) is 0. The number of nitrogens with two attached hydrogens (primary N) is 1. The lowest BCUT2D eigenvalue weighted by atomic mass is 10.2. The molecule has 1 unspecified atom stereocenters. The Kier molecular flexibility index (Phi) is 4.20. The van der Waals surface area contributed by atoms with E-state index in [0.29, 0.717) is 18.3 Å². The molecule has 0 spiro atoms. The van der Waals surface area contributed by atoms with E-state index < -0.39 is 0 Å². The molecule has 0 aromatic heterocycles. The molecule has 2 rings (SSSR count). The minimum absolute atomic E-state index is 0.0721. The molecule has 0 saturated carbocycles. The standard InChI is InChI=1S/C14H20N2O2/c1-11-3-2-8-16(11)14(17)10-18-13-6-4-12(9-15)5-7-13/h4-7,11H,2-3,8-10,15H2,1H3. The summed E-state index contributed by atoms with van der Waals surface area (Å²) in [4.78, 5) is 13.8. The Labute approximate surface area is 108 Å². The zero-order valence-electron chi connectivity index (χ0n) is 10.8. The molecule has 1 heterocycles. The SMILES string of the molecule is CC1CCCN1C(=O)COc1ccc(CN)cc1. The number of carbonyl (C=O) groups is 1. The van der Waals surface area contributed by atoms with Crippen molar-refractivity contribution in [3.8, 4) is 5.75 Å². The van der Waals surface area contributed by atoms with Gasteiger partial charge in [0.05, 0.1) is 0 Å². The Hall–Kier alpha value is -1.55. The Balaban J connectivity index is 1.85. The van der Waals surface area contributed by atoms with Crippen molar-refractivity contribution in [3.05, 3.63) is 29.8 Å². The van der Waals surface area contributed by atoms with Crippen LogP contribution in [-0.2, 0) is 11.3 Å². The Morgan fingerprint density at radius 3 is 2.72 bits per heavy atom. The highest BCUT2D eigenvalue weighted by Crippen LogP contribution is 2.17. The number of nitrogens with zero attached hydrogens (tertiary/aromatic N) is 1. The maximum atomic E-state index is 11.9. The molecule has 0 aliphatic carbocycles. The smallest absolute Gasteiger partial charge is 0.260 e. The Morgan fingerprint density at radius 2 is 2.17 bits per heavy atom. The van der Waals surface area contributed by atoms with E-state index in [-0.39, 0.29) is 12.5 Å². The zero-order valence-corrected chi connectivity index (χ0v) is 10.8. The van der Waals surface area contributed by atoms with Gasteiger partial charge in [-0.3, -0.25) is 4.79 Å². The minimum Gasteiger partial charge on any atom is -0.484 e. The maximum absolute atomic E-state index is 11.9. The van der Waals surface area contributed by atoms with Gasteiger partial charge in [0.25, 0.3) is 5.91 Å². The van der Waals surface area contributed by atoms with Crippen LogP contribution in [0.3, 0.4) is 0 Å². The molecule has 1 aliphatic heterocycles. The minimum atomic E-state index is 0.0721. The lowest BCUT2D eigenvalue weighted by Gasteiger charge is -2.21. The highest BCUT2D eigenvalue weighted by atomic mass is 16.5. The molecule has 1 fully saturated rings. The second kappa shape index (κ2) is 5.87. The van der Waals surface area contributed by atoms with Gasteiger partial charge in [-0.05, 0) is 37.5 Å². The van der Waals surface area contributed by atoms with Gasteiger partial charge in [0.2, 0.25) is 0 Å². The van der Waals surface area contributed by atoms with Crippen molar-refractivity contribution in [2.45, 2.75) is 32.4 Å². The summed E-state index contributed by atoms with van der Waals surface area (Å²) >= 11 is 0. The summed E-state index contributed by atoms with van der Waals surface area (Å²) in [5.74, 6) is 0.787. The van der Waals surface area contributed by atoms with E-state index in [4.69, 9.17) is 10.5 Å². The lowest BCUT2D eigenvalue weighted by Crippen LogP contribution is -2.37. The van der Waals surface area contributed by atoms with Gasteiger partial charge in [0.1, 0.15) is 5.75 Å². The van der Waals surface area contributed by atoms with Gasteiger partial charge in [-0.2, -0.15) is 0 Å². The van der Waals surface area contributed by atoms with E-state index in [9.17, 15) is 4.79 Å². The normalized spacial score (nSPS) is 19.0. The number of benzene rings is 1. The summed E-state index contributed by atoms with van der Waals surface area (Å²) in [6, 6.07) is 7.88. The van der Waals surface area contributed by atoms with Crippen LogP contribution in [0.25, 0.3) is 0 Å². The van der Waals surface area contributed by atoms with E-state index in [2.05, 4.69) is 6.92 Å². The summed E-state index contributed by atoms with van der Waals surface area (Å²) in [7, 11) is 0. The summed E-state index contributed by atoms with van der Waals surface area (Å²) < 4.78 is 5.50. The molecule has 1 aliphatic rings. The van der Waals surface area contributed by atoms with Crippen molar-refractivity contribution in [1.82, 2.24) is 4.90 Å². The number of rotatable bonds is 4. The third-order valence-electron chi connectivity index (χ3n) is 3.39. The largest absolute Gasteiger partial charge is 0.484 e. The molecule has 1 aromatic rings. The monoisotopic (exact) mass is 248 g/mol. The first-order chi connectivity index (χ1) is 8.70. The van der Waals surface area contributed by atoms with Gasteiger partial charge in [0.15, 0.2) is 6.61 Å². The predicted octanol–water partition coefficient (Wildman–Crippen LogP) is 1.53. The summed E-state index contributed by atoms with van der Waals surface area (Å²) in [5.41, 5.74) is 6.58. The van der Waals surface area contributed by atoms with E-state index in [1.807, 2.05) is 29.2 Å². The van der Waals surface area contributed by atoms with E-state index in [1.54, 1.807) is 0 Å². The fourth-order valence-corrected chi connectivity index (χ4v) is 2.25. The van der Waals surface area contributed by atoms with Crippen LogP contribution in [0.15, 0.2) is 24.3 Å². The number of likely N-dealkylation sites (tertiary alicyclic amines) is 1. The van der Waals surface area contributed by atoms with Crippen LogP contribution in [-0.4, -0.2) is 30.0 Å². The molecule has 1 atom stereocenters. The van der Waals surface area contributed by atoms with E-state index in [1.165, 1.54) is 0 Å². The fraction of sp³-hybridized carbons (Fsp3) is 0.500. The number of hydrogen-bond acceptors (Lipinski definition) is 3. The molecule has 1 saturated heterocycles. The molecule has 18 heavy (non-hydrogen) atoms. The van der Waals surface area contributed by atoms with Crippen molar-refractivity contribution >= 4 is 5.91 Å². The zero-order chi connectivity index (χ0) is 13.0. The van der Waals surface area contributed by atoms with Crippen molar-refractivity contribution in [1.29, 1.82) is 0 Å². The van der Waals surface area contributed by atoms with Crippen molar-refractivity contribution in [2.24, 2.45) is 5.73 Å². The molecule has 4 nitrogen and oxygen atoms in total. The Morgan fingerprint density at radius 1 is 1.44 bits per heavy atom. The second-order valence-corrected chi connectivity index (χ2v) is 4.72. The predicted molar refractivity (Wildman–Crippen MR) is 70.2 cm³/mol. The van der Waals surface area contributed by atoms with Gasteiger partial charge < -0.3 is 15.4 Å². The second-order valence-electron chi connectivity index (χ2n) is 4.72. The van der Waals surface area contributed by atoms with Crippen LogP contribution in [0.2, 0.25) is 0 Å².